The van der Waals surface area contributed by atoms with Crippen LogP contribution >= 0.6 is 0 Å². The lowest BCUT2D eigenvalue weighted by Crippen LogP contribution is -2.11. The Morgan fingerprint density at radius 3 is 2.32 bits per heavy atom. The van der Waals surface area contributed by atoms with Gasteiger partial charge in [0, 0.05) is 12.1 Å². The molecule has 0 unspecified atom stereocenters. The molecule has 124 valence electrons. The average molecular weight is 353 g/mol. The average Bonchev–Trinajstić information content (AvgIpc) is 2.38. The molecular weight excluding hydrogens is 338 g/mol. The number of non-ortho nitro benzene ring substituents is 1. The molecule has 0 N–H and O–H groups in total. The summed E-state index contributed by atoms with van der Waals surface area (Å²) >= 11 is 0. The van der Waals surface area contributed by atoms with Gasteiger partial charge >= 0.3 is 0 Å². The first-order chi connectivity index (χ1) is 10.0. The minimum Gasteiger partial charge on any atom is -0.273 e. The standard InChI is InChI=1S/C11H15NO8S2/c1-19-22(17,18)8-10-3-4-11(12(13)14)7-9(10)5-6-20-21(2,15)16/h3-4,7H,5-6,8H2,1-2H3. The molecule has 0 spiro atoms. The van der Waals surface area contributed by atoms with Crippen LogP contribution in [0.4, 0.5) is 5.69 Å². The molecule has 9 nitrogen and oxygen atoms in total. The van der Waals surface area contributed by atoms with Crippen molar-refractivity contribution in [2.24, 2.45) is 0 Å². The summed E-state index contributed by atoms with van der Waals surface area (Å²) in [5.74, 6) is -0.476. The first-order valence-electron chi connectivity index (χ1n) is 5.93. The lowest BCUT2D eigenvalue weighted by atomic mass is 10.1. The molecule has 0 heterocycles. The molecule has 0 saturated heterocycles. The van der Waals surface area contributed by atoms with E-state index in [2.05, 4.69) is 8.37 Å². The number of nitro benzene ring substituents is 1. The number of hydrogen-bond donors (Lipinski definition) is 0. The highest BCUT2D eigenvalue weighted by atomic mass is 32.2. The molecule has 0 aliphatic heterocycles. The van der Waals surface area contributed by atoms with E-state index in [0.29, 0.717) is 5.56 Å². The first kappa shape index (κ1) is 18.5. The Bertz CT molecular complexity index is 754. The third kappa shape index (κ3) is 6.05. The van der Waals surface area contributed by atoms with Crippen molar-refractivity contribution in [1.82, 2.24) is 0 Å². The second-order valence-corrected chi connectivity index (χ2v) is 7.74. The fourth-order valence-electron chi connectivity index (χ4n) is 1.65. The molecule has 22 heavy (non-hydrogen) atoms. The van der Waals surface area contributed by atoms with E-state index in [1.807, 2.05) is 0 Å². The molecule has 0 radical (unpaired) electrons. The number of rotatable bonds is 8. The maximum absolute atomic E-state index is 11.5. The predicted octanol–water partition coefficient (Wildman–Crippen LogP) is 0.590. The molecule has 0 amide bonds. The SMILES string of the molecule is COS(=O)(=O)Cc1ccc([N+](=O)[O-])cc1CCOS(C)(=O)=O. The van der Waals surface area contributed by atoms with Crippen LogP contribution in [0.25, 0.3) is 0 Å². The second-order valence-electron chi connectivity index (χ2n) is 4.35. The Morgan fingerprint density at radius 2 is 1.82 bits per heavy atom. The molecule has 1 aromatic rings. The van der Waals surface area contributed by atoms with Crippen LogP contribution in [0.2, 0.25) is 0 Å². The lowest BCUT2D eigenvalue weighted by Gasteiger charge is -2.09. The molecule has 0 atom stereocenters. The quantitative estimate of drug-likeness (QED) is 0.377. The Kier molecular flexibility index (Phi) is 6.00. The molecule has 0 aromatic heterocycles. The van der Waals surface area contributed by atoms with Crippen molar-refractivity contribution in [2.75, 3.05) is 20.0 Å². The second kappa shape index (κ2) is 7.13. The fraction of sp³-hybridized carbons (Fsp3) is 0.455. The molecule has 0 saturated carbocycles. The molecule has 1 aromatic carbocycles. The maximum Gasteiger partial charge on any atom is 0.271 e. The van der Waals surface area contributed by atoms with E-state index >= 15 is 0 Å². The van der Waals surface area contributed by atoms with Gasteiger partial charge in [-0.15, -0.1) is 0 Å². The van der Waals surface area contributed by atoms with Gasteiger partial charge in [0.2, 0.25) is 0 Å². The van der Waals surface area contributed by atoms with E-state index < -0.39 is 30.9 Å². The highest BCUT2D eigenvalue weighted by molar-refractivity contribution is 7.86. The minimum absolute atomic E-state index is 0.00329. The Balaban J connectivity index is 3.07. The van der Waals surface area contributed by atoms with Gasteiger partial charge in [-0.3, -0.25) is 18.5 Å². The van der Waals surface area contributed by atoms with Crippen molar-refractivity contribution in [3.05, 3.63) is 39.4 Å². The van der Waals surface area contributed by atoms with Gasteiger partial charge in [0.25, 0.3) is 25.9 Å². The van der Waals surface area contributed by atoms with Crippen molar-refractivity contribution in [2.45, 2.75) is 12.2 Å². The van der Waals surface area contributed by atoms with Gasteiger partial charge in [0.15, 0.2) is 0 Å². The van der Waals surface area contributed by atoms with Crippen LogP contribution in [0.15, 0.2) is 18.2 Å². The van der Waals surface area contributed by atoms with Gasteiger partial charge in [-0.25, -0.2) is 0 Å². The largest absolute Gasteiger partial charge is 0.273 e. The normalized spacial score (nSPS) is 12.3. The fourth-order valence-corrected chi connectivity index (χ4v) is 2.82. The Hall–Kier alpha value is -1.56. The zero-order valence-electron chi connectivity index (χ0n) is 11.9. The van der Waals surface area contributed by atoms with Gasteiger partial charge in [-0.2, -0.15) is 16.8 Å². The van der Waals surface area contributed by atoms with Crippen LogP contribution in [-0.4, -0.2) is 41.7 Å². The Labute approximate surface area is 128 Å². The van der Waals surface area contributed by atoms with E-state index in [1.54, 1.807) is 0 Å². The molecule has 0 fully saturated rings. The van der Waals surface area contributed by atoms with Crippen molar-refractivity contribution in [1.29, 1.82) is 0 Å². The third-order valence-corrected chi connectivity index (χ3v) is 4.42. The summed E-state index contributed by atoms with van der Waals surface area (Å²) in [5.41, 5.74) is 0.357. The monoisotopic (exact) mass is 353 g/mol. The molecule has 1 rings (SSSR count). The molecule has 11 heteroatoms. The van der Waals surface area contributed by atoms with Crippen LogP contribution in [0.5, 0.6) is 0 Å². The van der Waals surface area contributed by atoms with Crippen molar-refractivity contribution in [3.63, 3.8) is 0 Å². The maximum atomic E-state index is 11.5. The number of nitro groups is 1. The van der Waals surface area contributed by atoms with Gasteiger partial charge in [-0.05, 0) is 17.5 Å². The third-order valence-electron chi connectivity index (χ3n) is 2.66. The zero-order valence-corrected chi connectivity index (χ0v) is 13.5. The lowest BCUT2D eigenvalue weighted by molar-refractivity contribution is -0.384. The van der Waals surface area contributed by atoms with E-state index in [0.717, 1.165) is 13.4 Å². The van der Waals surface area contributed by atoms with Crippen LogP contribution in [0.1, 0.15) is 11.1 Å². The first-order valence-corrected chi connectivity index (χ1v) is 9.32. The molecule has 0 aliphatic carbocycles. The van der Waals surface area contributed by atoms with Gasteiger partial charge < -0.3 is 0 Å². The van der Waals surface area contributed by atoms with Crippen LogP contribution in [-0.2, 0) is 40.8 Å². The summed E-state index contributed by atoms with van der Waals surface area (Å²) in [6.07, 6.45) is 0.875. The van der Waals surface area contributed by atoms with Gasteiger partial charge in [-0.1, -0.05) is 6.07 Å². The number of nitrogens with zero attached hydrogens (tertiary/aromatic N) is 1. The number of benzene rings is 1. The van der Waals surface area contributed by atoms with E-state index in [-0.39, 0.29) is 24.3 Å². The summed E-state index contributed by atoms with van der Waals surface area (Å²) < 4.78 is 53.7. The van der Waals surface area contributed by atoms with Crippen molar-refractivity contribution < 1.29 is 30.1 Å². The van der Waals surface area contributed by atoms with Crippen LogP contribution in [0, 0.1) is 10.1 Å². The van der Waals surface area contributed by atoms with Crippen LogP contribution in [0.3, 0.4) is 0 Å². The molecule has 0 bridgehead atoms. The smallest absolute Gasteiger partial charge is 0.271 e. The Morgan fingerprint density at radius 1 is 1.18 bits per heavy atom. The highest BCUT2D eigenvalue weighted by Crippen LogP contribution is 2.21. The zero-order chi connectivity index (χ0) is 17.0. The predicted molar refractivity (Wildman–Crippen MR) is 77.2 cm³/mol. The van der Waals surface area contributed by atoms with Crippen molar-refractivity contribution in [3.8, 4) is 0 Å². The summed E-state index contributed by atoms with van der Waals surface area (Å²) in [7, 11) is -6.45. The van der Waals surface area contributed by atoms with Gasteiger partial charge in [0.05, 0.1) is 24.9 Å². The van der Waals surface area contributed by atoms with E-state index in [4.69, 9.17) is 0 Å². The molecule has 0 aliphatic rings. The van der Waals surface area contributed by atoms with E-state index in [1.165, 1.54) is 18.2 Å². The summed E-state index contributed by atoms with van der Waals surface area (Å²) in [6, 6.07) is 3.65. The summed E-state index contributed by atoms with van der Waals surface area (Å²) in [4.78, 5) is 10.1. The molecular formula is C11H15NO8S2. The number of hydrogen-bond acceptors (Lipinski definition) is 8. The van der Waals surface area contributed by atoms with Crippen LogP contribution < -0.4 is 0 Å². The topological polar surface area (TPSA) is 130 Å². The highest BCUT2D eigenvalue weighted by Gasteiger charge is 2.17. The van der Waals surface area contributed by atoms with E-state index in [9.17, 15) is 26.9 Å². The summed E-state index contributed by atoms with van der Waals surface area (Å²) in [6.45, 7) is -0.250. The van der Waals surface area contributed by atoms with Gasteiger partial charge in [0.1, 0.15) is 5.75 Å². The van der Waals surface area contributed by atoms with Crippen molar-refractivity contribution >= 4 is 25.9 Å². The summed E-state index contributed by atoms with van der Waals surface area (Å²) in [5, 5.41) is 10.8. The minimum atomic E-state index is -3.81.